The molecule has 0 heterocycles. The number of amides is 2. The van der Waals surface area contributed by atoms with E-state index in [2.05, 4.69) is 15.4 Å². The average molecular weight is 464 g/mol. The SMILES string of the molecule is Cc1ccc(NC(=O)C2CC2)cc1NC(=O)c1ccc(S(=O)(=O)Nc2ccccc2C)cc1. The van der Waals surface area contributed by atoms with E-state index in [1.165, 1.54) is 24.3 Å². The van der Waals surface area contributed by atoms with Crippen molar-refractivity contribution in [3.8, 4) is 0 Å². The molecular formula is C25H25N3O4S. The molecule has 1 saturated carbocycles. The number of nitrogens with one attached hydrogen (secondary N) is 3. The topological polar surface area (TPSA) is 104 Å². The normalized spacial score (nSPS) is 13.3. The third-order valence-electron chi connectivity index (χ3n) is 5.52. The predicted octanol–water partition coefficient (Wildman–Crippen LogP) is 4.71. The van der Waals surface area contributed by atoms with Crippen molar-refractivity contribution in [1.29, 1.82) is 0 Å². The first kappa shape index (κ1) is 22.5. The summed E-state index contributed by atoms with van der Waals surface area (Å²) in [7, 11) is -3.78. The highest BCUT2D eigenvalue weighted by Gasteiger charge is 2.29. The molecule has 33 heavy (non-hydrogen) atoms. The van der Waals surface area contributed by atoms with Gasteiger partial charge in [-0.25, -0.2) is 8.42 Å². The van der Waals surface area contributed by atoms with Gasteiger partial charge in [-0.2, -0.15) is 0 Å². The molecule has 0 atom stereocenters. The zero-order chi connectivity index (χ0) is 23.6. The molecule has 0 radical (unpaired) electrons. The average Bonchev–Trinajstić information content (AvgIpc) is 3.63. The number of benzene rings is 3. The summed E-state index contributed by atoms with van der Waals surface area (Å²) in [5.74, 6) is -0.300. The summed E-state index contributed by atoms with van der Waals surface area (Å²) in [5, 5.41) is 5.70. The number of hydrogen-bond acceptors (Lipinski definition) is 4. The van der Waals surface area contributed by atoms with Gasteiger partial charge in [0.25, 0.3) is 15.9 Å². The zero-order valence-electron chi connectivity index (χ0n) is 18.4. The summed E-state index contributed by atoms with van der Waals surface area (Å²) in [4.78, 5) is 24.8. The van der Waals surface area contributed by atoms with Crippen LogP contribution in [0.15, 0.2) is 71.6 Å². The van der Waals surface area contributed by atoms with Crippen molar-refractivity contribution in [3.05, 3.63) is 83.4 Å². The first-order chi connectivity index (χ1) is 15.7. The van der Waals surface area contributed by atoms with Crippen LogP contribution in [0.3, 0.4) is 0 Å². The minimum absolute atomic E-state index is 0.00719. The number of carbonyl (C=O) groups excluding carboxylic acids is 2. The number of anilines is 3. The first-order valence-corrected chi connectivity index (χ1v) is 12.1. The quantitative estimate of drug-likeness (QED) is 0.472. The number of hydrogen-bond donors (Lipinski definition) is 3. The lowest BCUT2D eigenvalue weighted by molar-refractivity contribution is -0.117. The van der Waals surface area contributed by atoms with Crippen LogP contribution in [0.25, 0.3) is 0 Å². The molecular weight excluding hydrogens is 438 g/mol. The number of para-hydroxylation sites is 1. The van der Waals surface area contributed by atoms with Crippen LogP contribution >= 0.6 is 0 Å². The molecule has 8 heteroatoms. The van der Waals surface area contributed by atoms with Gasteiger partial charge in [0.1, 0.15) is 0 Å². The highest BCUT2D eigenvalue weighted by Crippen LogP contribution is 2.31. The Morgan fingerprint density at radius 1 is 0.818 bits per heavy atom. The van der Waals surface area contributed by atoms with E-state index in [1.54, 1.807) is 24.3 Å². The van der Waals surface area contributed by atoms with Gasteiger partial charge in [0, 0.05) is 22.9 Å². The molecule has 4 rings (SSSR count). The molecule has 170 valence electrons. The van der Waals surface area contributed by atoms with E-state index < -0.39 is 10.0 Å². The zero-order valence-corrected chi connectivity index (χ0v) is 19.2. The molecule has 3 N–H and O–H groups in total. The fourth-order valence-corrected chi connectivity index (χ4v) is 4.43. The molecule has 0 unspecified atom stereocenters. The van der Waals surface area contributed by atoms with Crippen LogP contribution in [-0.4, -0.2) is 20.2 Å². The second-order valence-corrected chi connectivity index (χ2v) is 9.87. The fraction of sp³-hybridized carbons (Fsp3) is 0.200. The number of sulfonamides is 1. The van der Waals surface area contributed by atoms with Crippen molar-refractivity contribution in [3.63, 3.8) is 0 Å². The Balaban J connectivity index is 1.46. The van der Waals surface area contributed by atoms with Crippen LogP contribution in [0.1, 0.15) is 34.3 Å². The standard InChI is InChI=1S/C25H25N3O4S/c1-16-5-3-4-6-22(16)28-33(31,32)21-13-10-19(11-14-21)25(30)27-23-15-20(12-7-17(23)2)26-24(29)18-8-9-18/h3-7,10-15,18,28H,8-9H2,1-2H3,(H,26,29)(H,27,30). The van der Waals surface area contributed by atoms with Gasteiger partial charge in [0.2, 0.25) is 5.91 Å². The Bertz CT molecular complexity index is 1310. The molecule has 0 saturated heterocycles. The van der Waals surface area contributed by atoms with Crippen molar-refractivity contribution < 1.29 is 18.0 Å². The molecule has 1 fully saturated rings. The monoisotopic (exact) mass is 463 g/mol. The molecule has 0 bridgehead atoms. The van der Waals surface area contributed by atoms with Gasteiger partial charge in [-0.1, -0.05) is 24.3 Å². The third kappa shape index (κ3) is 5.40. The van der Waals surface area contributed by atoms with E-state index in [0.29, 0.717) is 22.6 Å². The molecule has 0 aliphatic heterocycles. The largest absolute Gasteiger partial charge is 0.326 e. The van der Waals surface area contributed by atoms with Crippen LogP contribution in [0.5, 0.6) is 0 Å². The molecule has 0 spiro atoms. The Hall–Kier alpha value is -3.65. The lowest BCUT2D eigenvalue weighted by Gasteiger charge is -2.13. The lowest BCUT2D eigenvalue weighted by atomic mass is 10.1. The molecule has 3 aromatic rings. The summed E-state index contributed by atoms with van der Waals surface area (Å²) >= 11 is 0. The second kappa shape index (κ2) is 9.07. The molecule has 7 nitrogen and oxygen atoms in total. The van der Waals surface area contributed by atoms with E-state index >= 15 is 0 Å². The van der Waals surface area contributed by atoms with E-state index in [9.17, 15) is 18.0 Å². The summed E-state index contributed by atoms with van der Waals surface area (Å²) < 4.78 is 28.0. The highest BCUT2D eigenvalue weighted by atomic mass is 32.2. The van der Waals surface area contributed by atoms with Crippen molar-refractivity contribution in [2.24, 2.45) is 5.92 Å². The Morgan fingerprint density at radius 3 is 2.15 bits per heavy atom. The highest BCUT2D eigenvalue weighted by molar-refractivity contribution is 7.92. The van der Waals surface area contributed by atoms with Gasteiger partial charge in [-0.3, -0.25) is 14.3 Å². The second-order valence-electron chi connectivity index (χ2n) is 8.19. The Kier molecular flexibility index (Phi) is 6.20. The number of aryl methyl sites for hydroxylation is 2. The fourth-order valence-electron chi connectivity index (χ4n) is 3.30. The molecule has 1 aliphatic carbocycles. The Labute approximate surface area is 193 Å². The summed E-state index contributed by atoms with van der Waals surface area (Å²) in [6.07, 6.45) is 1.82. The van der Waals surface area contributed by atoms with Crippen LogP contribution < -0.4 is 15.4 Å². The molecule has 2 amide bonds. The first-order valence-electron chi connectivity index (χ1n) is 10.6. The van der Waals surface area contributed by atoms with Gasteiger partial charge in [0.05, 0.1) is 10.6 Å². The van der Waals surface area contributed by atoms with E-state index in [-0.39, 0.29) is 22.6 Å². The van der Waals surface area contributed by atoms with Crippen LogP contribution in [-0.2, 0) is 14.8 Å². The lowest BCUT2D eigenvalue weighted by Crippen LogP contribution is -2.16. The van der Waals surface area contributed by atoms with Crippen molar-refractivity contribution in [2.75, 3.05) is 15.4 Å². The minimum Gasteiger partial charge on any atom is -0.326 e. The molecule has 0 aromatic heterocycles. The van der Waals surface area contributed by atoms with Gasteiger partial charge in [-0.05, 0) is 80.3 Å². The summed E-state index contributed by atoms with van der Waals surface area (Å²) in [6.45, 7) is 3.68. The maximum absolute atomic E-state index is 12.8. The van der Waals surface area contributed by atoms with Crippen molar-refractivity contribution in [2.45, 2.75) is 31.6 Å². The minimum atomic E-state index is -3.78. The van der Waals surface area contributed by atoms with Gasteiger partial charge in [-0.15, -0.1) is 0 Å². The van der Waals surface area contributed by atoms with Crippen LogP contribution in [0.2, 0.25) is 0 Å². The van der Waals surface area contributed by atoms with Gasteiger partial charge < -0.3 is 10.6 Å². The van der Waals surface area contributed by atoms with E-state index in [4.69, 9.17) is 0 Å². The third-order valence-corrected chi connectivity index (χ3v) is 6.90. The number of rotatable bonds is 7. The van der Waals surface area contributed by atoms with Crippen LogP contribution in [0, 0.1) is 19.8 Å². The van der Waals surface area contributed by atoms with Crippen LogP contribution in [0.4, 0.5) is 17.1 Å². The summed E-state index contributed by atoms with van der Waals surface area (Å²) in [5.41, 5.74) is 3.67. The maximum atomic E-state index is 12.8. The van der Waals surface area contributed by atoms with Gasteiger partial charge in [0.15, 0.2) is 0 Å². The number of carbonyl (C=O) groups is 2. The summed E-state index contributed by atoms with van der Waals surface area (Å²) in [6, 6.07) is 18.2. The Morgan fingerprint density at radius 2 is 1.48 bits per heavy atom. The van der Waals surface area contributed by atoms with E-state index in [1.807, 2.05) is 32.0 Å². The van der Waals surface area contributed by atoms with Crippen molar-refractivity contribution in [1.82, 2.24) is 0 Å². The smallest absolute Gasteiger partial charge is 0.261 e. The molecule has 1 aliphatic rings. The van der Waals surface area contributed by atoms with Crippen molar-refractivity contribution >= 4 is 38.9 Å². The maximum Gasteiger partial charge on any atom is 0.261 e. The van der Waals surface area contributed by atoms with E-state index in [0.717, 1.165) is 24.0 Å². The predicted molar refractivity (Wildman–Crippen MR) is 129 cm³/mol. The van der Waals surface area contributed by atoms with Gasteiger partial charge >= 0.3 is 0 Å². The molecule has 3 aromatic carbocycles.